The molecule has 0 spiro atoms. The minimum Gasteiger partial charge on any atom is -0.486 e. The lowest BCUT2D eigenvalue weighted by Gasteiger charge is -2.04. The fourth-order valence-corrected chi connectivity index (χ4v) is 1.85. The molecule has 2 heterocycles. The van der Waals surface area contributed by atoms with Gasteiger partial charge >= 0.3 is 0 Å². The molecule has 0 saturated carbocycles. The number of halogens is 2. The van der Waals surface area contributed by atoms with Crippen molar-refractivity contribution in [2.45, 2.75) is 6.61 Å². The largest absolute Gasteiger partial charge is 0.486 e. The third-order valence-corrected chi connectivity index (χ3v) is 2.86. The molecule has 3 rings (SSSR count). The van der Waals surface area contributed by atoms with Gasteiger partial charge in [0, 0.05) is 17.3 Å². The van der Waals surface area contributed by atoms with Crippen LogP contribution in [0.15, 0.2) is 42.6 Å². The third kappa shape index (κ3) is 2.51. The summed E-state index contributed by atoms with van der Waals surface area (Å²) in [5, 5.41) is 8.62. The fourth-order valence-electron chi connectivity index (χ4n) is 1.69. The summed E-state index contributed by atoms with van der Waals surface area (Å²) in [7, 11) is 0. The van der Waals surface area contributed by atoms with Crippen molar-refractivity contribution in [3.63, 3.8) is 0 Å². The van der Waals surface area contributed by atoms with Crippen LogP contribution in [-0.2, 0) is 6.61 Å². The third-order valence-electron chi connectivity index (χ3n) is 2.62. The molecule has 0 amide bonds. The van der Waals surface area contributed by atoms with Crippen molar-refractivity contribution in [1.82, 2.24) is 14.6 Å². The molecule has 0 fully saturated rings. The lowest BCUT2D eigenvalue weighted by molar-refractivity contribution is 0.294. The summed E-state index contributed by atoms with van der Waals surface area (Å²) in [5.74, 6) is 0.929. The van der Waals surface area contributed by atoms with Gasteiger partial charge in [-0.2, -0.15) is 0 Å². The Hall–Kier alpha value is -2.14. The Morgan fingerprint density at radius 3 is 2.74 bits per heavy atom. The summed E-state index contributed by atoms with van der Waals surface area (Å²) in [6.07, 6.45) is 1.78. The number of rotatable bonds is 3. The van der Waals surface area contributed by atoms with Crippen LogP contribution < -0.4 is 4.74 Å². The van der Waals surface area contributed by atoms with E-state index in [1.165, 1.54) is 12.1 Å². The van der Waals surface area contributed by atoms with Gasteiger partial charge in [-0.1, -0.05) is 11.6 Å². The lowest BCUT2D eigenvalue weighted by Crippen LogP contribution is -2.01. The Bertz CT molecular complexity index is 711. The molecule has 96 valence electrons. The molecule has 0 radical (unpaired) electrons. The monoisotopic (exact) mass is 277 g/mol. The summed E-state index contributed by atoms with van der Waals surface area (Å²) < 4.78 is 20.1. The zero-order valence-corrected chi connectivity index (χ0v) is 10.5. The second-order valence-electron chi connectivity index (χ2n) is 3.93. The number of aromatic nitrogens is 3. The molecular formula is C13H9ClFN3O. The summed E-state index contributed by atoms with van der Waals surface area (Å²) >= 11 is 5.87. The van der Waals surface area contributed by atoms with Crippen LogP contribution in [0.25, 0.3) is 5.65 Å². The Labute approximate surface area is 113 Å². The van der Waals surface area contributed by atoms with Gasteiger partial charge in [0.05, 0.1) is 0 Å². The molecule has 0 atom stereocenters. The van der Waals surface area contributed by atoms with Gasteiger partial charge in [-0.25, -0.2) is 4.39 Å². The highest BCUT2D eigenvalue weighted by atomic mass is 35.5. The van der Waals surface area contributed by atoms with Crippen molar-refractivity contribution < 1.29 is 9.13 Å². The molecule has 0 N–H and O–H groups in total. The topological polar surface area (TPSA) is 39.4 Å². The van der Waals surface area contributed by atoms with Gasteiger partial charge in [0.1, 0.15) is 18.2 Å². The molecule has 2 aromatic heterocycles. The highest BCUT2D eigenvalue weighted by molar-refractivity contribution is 6.30. The summed E-state index contributed by atoms with van der Waals surface area (Å²) in [5.41, 5.74) is 0.658. The van der Waals surface area contributed by atoms with E-state index in [-0.39, 0.29) is 12.4 Å². The average molecular weight is 278 g/mol. The van der Waals surface area contributed by atoms with E-state index in [0.29, 0.717) is 22.2 Å². The van der Waals surface area contributed by atoms with E-state index in [0.717, 1.165) is 0 Å². The number of ether oxygens (including phenoxy) is 1. The van der Waals surface area contributed by atoms with Crippen molar-refractivity contribution in [2.75, 3.05) is 0 Å². The molecule has 0 unspecified atom stereocenters. The predicted molar refractivity (Wildman–Crippen MR) is 68.7 cm³/mol. The first-order valence-corrected chi connectivity index (χ1v) is 5.98. The van der Waals surface area contributed by atoms with Gasteiger partial charge in [0.15, 0.2) is 11.5 Å². The average Bonchev–Trinajstić information content (AvgIpc) is 2.80. The van der Waals surface area contributed by atoms with Crippen LogP contribution in [0.4, 0.5) is 4.39 Å². The van der Waals surface area contributed by atoms with E-state index in [1.807, 2.05) is 0 Å². The van der Waals surface area contributed by atoms with Crippen LogP contribution in [0, 0.1) is 5.82 Å². The van der Waals surface area contributed by atoms with Crippen molar-refractivity contribution in [1.29, 1.82) is 0 Å². The Morgan fingerprint density at radius 1 is 1.16 bits per heavy atom. The molecule has 19 heavy (non-hydrogen) atoms. The molecule has 4 nitrogen and oxygen atoms in total. The van der Waals surface area contributed by atoms with Crippen molar-refractivity contribution >= 4 is 17.2 Å². The molecule has 6 heteroatoms. The maximum Gasteiger partial charge on any atom is 0.175 e. The number of benzene rings is 1. The Balaban J connectivity index is 1.80. The smallest absolute Gasteiger partial charge is 0.175 e. The van der Waals surface area contributed by atoms with Gasteiger partial charge < -0.3 is 4.74 Å². The molecule has 0 aliphatic carbocycles. The van der Waals surface area contributed by atoms with E-state index >= 15 is 0 Å². The van der Waals surface area contributed by atoms with Crippen LogP contribution >= 0.6 is 11.6 Å². The van der Waals surface area contributed by atoms with Gasteiger partial charge in [-0.05, 0) is 30.3 Å². The number of fused-ring (bicyclic) bond motifs is 1. The van der Waals surface area contributed by atoms with Crippen molar-refractivity contribution in [3.05, 3.63) is 59.3 Å². The molecular weight excluding hydrogens is 269 g/mol. The SMILES string of the molecule is Fc1ccc(OCc2nnc3cc(Cl)ccn23)cc1. The van der Waals surface area contributed by atoms with Crippen LogP contribution in [0.2, 0.25) is 5.02 Å². The normalized spacial score (nSPS) is 10.8. The highest BCUT2D eigenvalue weighted by Crippen LogP contribution is 2.15. The maximum atomic E-state index is 12.8. The summed E-state index contributed by atoms with van der Waals surface area (Å²) in [6.45, 7) is 0.244. The second-order valence-corrected chi connectivity index (χ2v) is 4.37. The van der Waals surface area contributed by atoms with Crippen molar-refractivity contribution in [2.24, 2.45) is 0 Å². The second kappa shape index (κ2) is 4.85. The van der Waals surface area contributed by atoms with E-state index < -0.39 is 0 Å². The van der Waals surface area contributed by atoms with Crippen molar-refractivity contribution in [3.8, 4) is 5.75 Å². The molecule has 0 aliphatic rings. The summed E-state index contributed by atoms with van der Waals surface area (Å²) in [4.78, 5) is 0. The van der Waals surface area contributed by atoms with E-state index in [9.17, 15) is 4.39 Å². The molecule has 0 aliphatic heterocycles. The molecule has 0 saturated heterocycles. The Morgan fingerprint density at radius 2 is 1.95 bits per heavy atom. The Kier molecular flexibility index (Phi) is 3.05. The van der Waals surface area contributed by atoms with Crippen LogP contribution in [0.5, 0.6) is 5.75 Å². The zero-order chi connectivity index (χ0) is 13.2. The van der Waals surface area contributed by atoms with E-state index in [1.54, 1.807) is 34.9 Å². The quantitative estimate of drug-likeness (QED) is 0.738. The molecule has 0 bridgehead atoms. The first kappa shape index (κ1) is 11.9. The predicted octanol–water partition coefficient (Wildman–Crippen LogP) is 3.10. The number of hydrogen-bond donors (Lipinski definition) is 0. The molecule has 1 aromatic carbocycles. The zero-order valence-electron chi connectivity index (χ0n) is 9.75. The van der Waals surface area contributed by atoms with Crippen LogP contribution in [0.1, 0.15) is 5.82 Å². The fraction of sp³-hybridized carbons (Fsp3) is 0.0769. The molecule has 3 aromatic rings. The standard InChI is InChI=1S/C13H9ClFN3O/c14-9-5-6-18-12(7-9)16-17-13(18)8-19-11-3-1-10(15)2-4-11/h1-7H,8H2. The summed E-state index contributed by atoms with van der Waals surface area (Å²) in [6, 6.07) is 9.29. The number of pyridine rings is 1. The lowest BCUT2D eigenvalue weighted by atomic mass is 10.3. The maximum absolute atomic E-state index is 12.8. The van der Waals surface area contributed by atoms with E-state index in [4.69, 9.17) is 16.3 Å². The van der Waals surface area contributed by atoms with Gasteiger partial charge in [0.2, 0.25) is 0 Å². The van der Waals surface area contributed by atoms with Gasteiger partial charge in [0.25, 0.3) is 0 Å². The van der Waals surface area contributed by atoms with Gasteiger partial charge in [-0.15, -0.1) is 10.2 Å². The van der Waals surface area contributed by atoms with Crippen LogP contribution in [0.3, 0.4) is 0 Å². The van der Waals surface area contributed by atoms with E-state index in [2.05, 4.69) is 10.2 Å². The highest BCUT2D eigenvalue weighted by Gasteiger charge is 2.06. The van der Waals surface area contributed by atoms with Gasteiger partial charge in [-0.3, -0.25) is 4.40 Å². The number of nitrogens with zero attached hydrogens (tertiary/aromatic N) is 3. The minimum atomic E-state index is -0.296. The number of hydrogen-bond acceptors (Lipinski definition) is 3. The first-order chi connectivity index (χ1) is 9.22. The van der Waals surface area contributed by atoms with Crippen LogP contribution in [-0.4, -0.2) is 14.6 Å². The minimum absolute atomic E-state index is 0.244. The first-order valence-electron chi connectivity index (χ1n) is 5.60.